The summed E-state index contributed by atoms with van der Waals surface area (Å²) in [4.78, 5) is 25.7. The molecule has 1 aliphatic heterocycles. The van der Waals surface area contributed by atoms with Crippen molar-refractivity contribution in [3.8, 4) is 11.5 Å². The minimum atomic E-state index is -0.929. The van der Waals surface area contributed by atoms with Gasteiger partial charge in [0, 0.05) is 27.5 Å². The summed E-state index contributed by atoms with van der Waals surface area (Å²) < 4.78 is 17.8. The zero-order valence-electron chi connectivity index (χ0n) is 20.4. The topological polar surface area (TPSA) is 61.8 Å². The summed E-state index contributed by atoms with van der Waals surface area (Å²) in [5.41, 5.74) is 1.62. The van der Waals surface area contributed by atoms with Gasteiger partial charge in [0.15, 0.2) is 11.4 Å². The van der Waals surface area contributed by atoms with Crippen LogP contribution < -0.4 is 9.47 Å². The number of carbonyl (C=O) groups is 2. The lowest BCUT2D eigenvalue weighted by atomic mass is 9.82. The molecule has 0 fully saturated rings. The Morgan fingerprint density at radius 3 is 1.92 bits per heavy atom. The summed E-state index contributed by atoms with van der Waals surface area (Å²) in [5.74, 6) is -0.723. The van der Waals surface area contributed by atoms with E-state index >= 15 is 0 Å². The van der Waals surface area contributed by atoms with E-state index in [1.165, 1.54) is 7.11 Å². The molecule has 4 aromatic carbocycles. The average molecular weight is 479 g/mol. The highest BCUT2D eigenvalue weighted by Gasteiger charge is 2.40. The Balaban J connectivity index is 1.82. The number of rotatable bonds is 5. The number of benzene rings is 4. The Labute approximate surface area is 209 Å². The molecule has 0 aliphatic carbocycles. The van der Waals surface area contributed by atoms with Crippen molar-refractivity contribution in [3.05, 3.63) is 113 Å². The molecule has 0 radical (unpaired) electrons. The van der Waals surface area contributed by atoms with Gasteiger partial charge in [-0.25, -0.2) is 4.79 Å². The fourth-order valence-corrected chi connectivity index (χ4v) is 4.54. The maximum Gasteiger partial charge on any atom is 0.342 e. The smallest absolute Gasteiger partial charge is 0.342 e. The second kappa shape index (κ2) is 9.34. The Morgan fingerprint density at radius 1 is 0.806 bits per heavy atom. The summed E-state index contributed by atoms with van der Waals surface area (Å²) in [6, 6.07) is 27.3. The van der Waals surface area contributed by atoms with E-state index in [0.29, 0.717) is 16.7 Å². The number of methoxy groups -OCH3 is 1. The van der Waals surface area contributed by atoms with Gasteiger partial charge in [-0.3, -0.25) is 4.79 Å². The molecule has 0 amide bonds. The largest absolute Gasteiger partial charge is 0.472 e. The SMILES string of the molecule is COC(=O)c1c2c(c3ccccc3c1OC(=O)C(C)C)OC(c1ccccc1)(c1ccccc1)C=C2. The van der Waals surface area contributed by atoms with E-state index in [0.717, 1.165) is 16.5 Å². The van der Waals surface area contributed by atoms with Crippen molar-refractivity contribution in [2.75, 3.05) is 7.11 Å². The number of ether oxygens (including phenoxy) is 3. The molecule has 1 aliphatic rings. The fourth-order valence-electron chi connectivity index (χ4n) is 4.54. The first-order valence-corrected chi connectivity index (χ1v) is 11.8. The quantitative estimate of drug-likeness (QED) is 0.241. The molecule has 0 aromatic heterocycles. The first-order chi connectivity index (χ1) is 17.5. The molecule has 0 saturated carbocycles. The van der Waals surface area contributed by atoms with Gasteiger partial charge in [-0.2, -0.15) is 0 Å². The average Bonchev–Trinajstić information content (AvgIpc) is 2.93. The van der Waals surface area contributed by atoms with Gasteiger partial charge in [0.05, 0.1) is 13.0 Å². The Morgan fingerprint density at radius 2 is 1.36 bits per heavy atom. The number of hydrogen-bond acceptors (Lipinski definition) is 5. The first-order valence-electron chi connectivity index (χ1n) is 11.8. The van der Waals surface area contributed by atoms with Crippen LogP contribution in [0.3, 0.4) is 0 Å². The van der Waals surface area contributed by atoms with E-state index in [2.05, 4.69) is 0 Å². The highest BCUT2D eigenvalue weighted by molar-refractivity contribution is 6.09. The molecular formula is C31H26O5. The molecule has 36 heavy (non-hydrogen) atoms. The highest BCUT2D eigenvalue weighted by atomic mass is 16.5. The van der Waals surface area contributed by atoms with Gasteiger partial charge in [-0.15, -0.1) is 0 Å². The molecule has 0 spiro atoms. The van der Waals surface area contributed by atoms with Crippen LogP contribution in [0.1, 0.15) is 40.9 Å². The van der Waals surface area contributed by atoms with Crippen LogP contribution in [0.2, 0.25) is 0 Å². The zero-order valence-corrected chi connectivity index (χ0v) is 20.4. The molecule has 5 rings (SSSR count). The third-order valence-corrected chi connectivity index (χ3v) is 6.37. The number of carbonyl (C=O) groups excluding carboxylic acids is 2. The van der Waals surface area contributed by atoms with E-state index < -0.39 is 17.5 Å². The highest BCUT2D eigenvalue weighted by Crippen LogP contribution is 2.49. The number of esters is 2. The molecule has 0 unspecified atom stereocenters. The predicted molar refractivity (Wildman–Crippen MR) is 139 cm³/mol. The van der Waals surface area contributed by atoms with Crippen LogP contribution in [0, 0.1) is 5.92 Å². The molecule has 0 N–H and O–H groups in total. The maximum absolute atomic E-state index is 13.1. The van der Waals surface area contributed by atoms with Crippen LogP contribution in [0.15, 0.2) is 91.0 Å². The summed E-state index contributed by atoms with van der Waals surface area (Å²) in [6.07, 6.45) is 3.81. The second-order valence-corrected chi connectivity index (χ2v) is 8.96. The van der Waals surface area contributed by atoms with Crippen molar-refractivity contribution in [3.63, 3.8) is 0 Å². The summed E-state index contributed by atoms with van der Waals surface area (Å²) >= 11 is 0. The van der Waals surface area contributed by atoms with Crippen LogP contribution in [-0.2, 0) is 15.1 Å². The van der Waals surface area contributed by atoms with Crippen LogP contribution in [0.25, 0.3) is 16.8 Å². The van der Waals surface area contributed by atoms with Crippen LogP contribution in [0.5, 0.6) is 11.5 Å². The summed E-state index contributed by atoms with van der Waals surface area (Å²) in [6.45, 7) is 3.50. The second-order valence-electron chi connectivity index (χ2n) is 8.96. The fraction of sp³-hybridized carbons (Fsp3) is 0.161. The normalized spacial score (nSPS) is 13.7. The van der Waals surface area contributed by atoms with Gasteiger partial charge >= 0.3 is 11.9 Å². The van der Waals surface area contributed by atoms with Crippen molar-refractivity contribution in [2.24, 2.45) is 5.92 Å². The summed E-state index contributed by atoms with van der Waals surface area (Å²) in [5, 5.41) is 1.32. The summed E-state index contributed by atoms with van der Waals surface area (Å²) in [7, 11) is 1.31. The van der Waals surface area contributed by atoms with Crippen molar-refractivity contribution in [2.45, 2.75) is 19.4 Å². The van der Waals surface area contributed by atoms with Crippen molar-refractivity contribution >= 4 is 28.8 Å². The Hall–Kier alpha value is -4.38. The van der Waals surface area contributed by atoms with Gasteiger partial charge in [0.2, 0.25) is 0 Å². The number of fused-ring (bicyclic) bond motifs is 3. The minimum absolute atomic E-state index is 0.158. The lowest BCUT2D eigenvalue weighted by Crippen LogP contribution is -2.34. The predicted octanol–water partition coefficient (Wildman–Crippen LogP) is 6.54. The van der Waals surface area contributed by atoms with E-state index in [1.807, 2.05) is 97.1 Å². The van der Waals surface area contributed by atoms with Crippen LogP contribution in [0.4, 0.5) is 0 Å². The Bertz CT molecular complexity index is 1430. The van der Waals surface area contributed by atoms with Gasteiger partial charge in [0.1, 0.15) is 11.3 Å². The van der Waals surface area contributed by atoms with Crippen LogP contribution >= 0.6 is 0 Å². The zero-order chi connectivity index (χ0) is 25.3. The molecular weight excluding hydrogens is 452 g/mol. The minimum Gasteiger partial charge on any atom is -0.472 e. The van der Waals surface area contributed by atoms with Gasteiger partial charge < -0.3 is 14.2 Å². The van der Waals surface area contributed by atoms with E-state index in [1.54, 1.807) is 13.8 Å². The lowest BCUT2D eigenvalue weighted by molar-refractivity contribution is -0.137. The van der Waals surface area contributed by atoms with Crippen molar-refractivity contribution < 1.29 is 23.8 Å². The standard InChI is InChI=1S/C31H26O5/c1-20(2)29(32)35-28-24-17-11-10-16-23(24)27-25(26(28)30(33)34-3)18-19-31(36-27,21-12-6-4-7-13-21)22-14-8-5-9-15-22/h4-20H,1-3H3. The molecule has 180 valence electrons. The maximum atomic E-state index is 13.1. The molecule has 4 aromatic rings. The molecule has 5 heteroatoms. The van der Waals surface area contributed by atoms with E-state index in [-0.39, 0.29) is 17.2 Å². The molecule has 5 nitrogen and oxygen atoms in total. The third-order valence-electron chi connectivity index (χ3n) is 6.37. The molecule has 0 atom stereocenters. The van der Waals surface area contributed by atoms with E-state index in [9.17, 15) is 9.59 Å². The number of hydrogen-bond donors (Lipinski definition) is 0. The van der Waals surface area contributed by atoms with Gasteiger partial charge in [0.25, 0.3) is 0 Å². The monoisotopic (exact) mass is 478 g/mol. The van der Waals surface area contributed by atoms with Gasteiger partial charge in [-0.05, 0) is 12.2 Å². The van der Waals surface area contributed by atoms with Gasteiger partial charge in [-0.1, -0.05) is 98.8 Å². The molecule has 0 saturated heterocycles. The molecule has 1 heterocycles. The third kappa shape index (κ3) is 3.83. The Kier molecular flexibility index (Phi) is 6.06. The first kappa shape index (κ1) is 23.4. The van der Waals surface area contributed by atoms with Crippen LogP contribution in [-0.4, -0.2) is 19.0 Å². The lowest BCUT2D eigenvalue weighted by Gasteiger charge is -2.37. The molecule has 0 bridgehead atoms. The van der Waals surface area contributed by atoms with Crippen molar-refractivity contribution in [1.82, 2.24) is 0 Å². The van der Waals surface area contributed by atoms with E-state index in [4.69, 9.17) is 14.2 Å². The van der Waals surface area contributed by atoms with Crippen molar-refractivity contribution in [1.29, 1.82) is 0 Å².